The molecule has 1 aromatic carbocycles. The first-order chi connectivity index (χ1) is 13.1. The lowest BCUT2D eigenvalue weighted by atomic mass is 9.92. The van der Waals surface area contributed by atoms with Gasteiger partial charge in [0.2, 0.25) is 0 Å². The molecule has 0 radical (unpaired) electrons. The van der Waals surface area contributed by atoms with Gasteiger partial charge in [0.15, 0.2) is 5.78 Å². The second-order valence-corrected chi connectivity index (χ2v) is 7.08. The molecule has 1 saturated heterocycles. The Morgan fingerprint density at radius 1 is 1.04 bits per heavy atom. The fraction of sp³-hybridized carbons (Fsp3) is 0.381. The summed E-state index contributed by atoms with van der Waals surface area (Å²) in [4.78, 5) is 40.4. The van der Waals surface area contributed by atoms with Gasteiger partial charge in [-0.2, -0.15) is 0 Å². The number of Topliss-reactive ketones (excluding diaryl/α,β-unsaturated/α-hetero) is 1. The molecule has 6 heteroatoms. The van der Waals surface area contributed by atoms with Crippen molar-refractivity contribution in [1.82, 2.24) is 9.47 Å². The number of morpholine rings is 1. The minimum atomic E-state index is -0.358. The Labute approximate surface area is 157 Å². The average molecular weight is 366 g/mol. The van der Waals surface area contributed by atoms with Crippen molar-refractivity contribution in [3.8, 4) is 5.69 Å². The molecule has 1 amide bonds. The highest BCUT2D eigenvalue weighted by Gasteiger charge is 2.28. The van der Waals surface area contributed by atoms with Gasteiger partial charge < -0.3 is 9.64 Å². The number of benzene rings is 1. The summed E-state index contributed by atoms with van der Waals surface area (Å²) in [6.07, 6.45) is 1.81. The van der Waals surface area contributed by atoms with Crippen LogP contribution in [0.2, 0.25) is 0 Å². The van der Waals surface area contributed by atoms with Crippen LogP contribution in [-0.2, 0) is 11.2 Å². The zero-order valence-electron chi connectivity index (χ0n) is 15.4. The zero-order chi connectivity index (χ0) is 19.0. The minimum Gasteiger partial charge on any atom is -0.378 e. The van der Waals surface area contributed by atoms with Gasteiger partial charge in [0.1, 0.15) is 5.56 Å². The number of fused-ring (bicyclic) bond motifs is 1. The molecule has 2 heterocycles. The molecule has 27 heavy (non-hydrogen) atoms. The highest BCUT2D eigenvalue weighted by Crippen LogP contribution is 2.24. The van der Waals surface area contributed by atoms with Gasteiger partial charge in [-0.25, -0.2) is 0 Å². The molecule has 6 nitrogen and oxygen atoms in total. The van der Waals surface area contributed by atoms with Crippen molar-refractivity contribution in [1.29, 1.82) is 0 Å². The summed E-state index contributed by atoms with van der Waals surface area (Å²) in [6, 6.07) is 9.09. The number of rotatable bonds is 2. The number of pyridine rings is 1. The quantitative estimate of drug-likeness (QED) is 0.817. The van der Waals surface area contributed by atoms with Gasteiger partial charge in [0, 0.05) is 36.5 Å². The van der Waals surface area contributed by atoms with Crippen LogP contribution in [0.3, 0.4) is 0 Å². The Kier molecular flexibility index (Phi) is 4.66. The van der Waals surface area contributed by atoms with E-state index in [4.69, 9.17) is 4.74 Å². The third kappa shape index (κ3) is 3.21. The monoisotopic (exact) mass is 366 g/mol. The van der Waals surface area contributed by atoms with Crippen molar-refractivity contribution in [2.75, 3.05) is 26.3 Å². The number of amides is 1. The number of nitrogens with zero attached hydrogens (tertiary/aromatic N) is 2. The van der Waals surface area contributed by atoms with Crippen molar-refractivity contribution < 1.29 is 14.3 Å². The van der Waals surface area contributed by atoms with E-state index in [9.17, 15) is 14.4 Å². The molecular weight excluding hydrogens is 344 g/mol. The summed E-state index contributed by atoms with van der Waals surface area (Å²) in [7, 11) is 0. The maximum absolute atomic E-state index is 13.3. The molecular formula is C21H22N2O4. The van der Waals surface area contributed by atoms with Gasteiger partial charge in [-0.05, 0) is 38.0 Å². The van der Waals surface area contributed by atoms with E-state index in [2.05, 4.69) is 0 Å². The molecule has 1 aromatic heterocycles. The summed E-state index contributed by atoms with van der Waals surface area (Å²) in [5, 5.41) is 0. The van der Waals surface area contributed by atoms with Crippen LogP contribution in [0.1, 0.15) is 44.8 Å². The van der Waals surface area contributed by atoms with E-state index in [0.717, 1.165) is 5.56 Å². The summed E-state index contributed by atoms with van der Waals surface area (Å²) >= 11 is 0. The number of carbonyl (C=O) groups is 2. The van der Waals surface area contributed by atoms with E-state index >= 15 is 0 Å². The third-order valence-corrected chi connectivity index (χ3v) is 5.24. The predicted octanol–water partition coefficient (Wildman–Crippen LogP) is 2.14. The maximum atomic E-state index is 13.3. The van der Waals surface area contributed by atoms with Crippen LogP contribution in [0.4, 0.5) is 0 Å². The molecule has 1 fully saturated rings. The van der Waals surface area contributed by atoms with Crippen molar-refractivity contribution in [2.24, 2.45) is 0 Å². The molecule has 0 spiro atoms. The maximum Gasteiger partial charge on any atom is 0.268 e. The second-order valence-electron chi connectivity index (χ2n) is 7.08. The summed E-state index contributed by atoms with van der Waals surface area (Å²) in [5.41, 5.74) is 2.68. The topological polar surface area (TPSA) is 68.6 Å². The molecule has 1 aliphatic heterocycles. The number of ether oxygens (including phenoxy) is 1. The normalized spacial score (nSPS) is 16.9. The number of aromatic nitrogens is 1. The van der Waals surface area contributed by atoms with E-state index in [1.165, 1.54) is 6.07 Å². The van der Waals surface area contributed by atoms with Crippen LogP contribution < -0.4 is 5.56 Å². The molecule has 0 unspecified atom stereocenters. The van der Waals surface area contributed by atoms with Crippen LogP contribution in [-0.4, -0.2) is 47.5 Å². The van der Waals surface area contributed by atoms with Crippen molar-refractivity contribution in [2.45, 2.75) is 26.2 Å². The second kappa shape index (κ2) is 7.12. The molecule has 1 aliphatic carbocycles. The van der Waals surface area contributed by atoms with Gasteiger partial charge in [-0.15, -0.1) is 0 Å². The Balaban J connectivity index is 1.90. The first-order valence-corrected chi connectivity index (χ1v) is 9.32. The molecule has 140 valence electrons. The number of hydrogen-bond donors (Lipinski definition) is 0. The smallest absolute Gasteiger partial charge is 0.268 e. The number of aryl methyl sites for hydroxylation is 1. The van der Waals surface area contributed by atoms with Crippen LogP contribution in [0.25, 0.3) is 5.69 Å². The van der Waals surface area contributed by atoms with Crippen molar-refractivity contribution in [3.05, 3.63) is 63.1 Å². The van der Waals surface area contributed by atoms with Crippen LogP contribution in [0.15, 0.2) is 35.1 Å². The van der Waals surface area contributed by atoms with Gasteiger partial charge in [0.25, 0.3) is 11.5 Å². The van der Waals surface area contributed by atoms with Crippen LogP contribution in [0, 0.1) is 6.92 Å². The molecule has 0 N–H and O–H groups in total. The summed E-state index contributed by atoms with van der Waals surface area (Å²) in [5.74, 6) is -0.335. The average Bonchev–Trinajstić information content (AvgIpc) is 2.69. The van der Waals surface area contributed by atoms with Gasteiger partial charge >= 0.3 is 0 Å². The first kappa shape index (κ1) is 17.7. The highest BCUT2D eigenvalue weighted by atomic mass is 16.5. The van der Waals surface area contributed by atoms with Gasteiger partial charge in [-0.1, -0.05) is 17.7 Å². The van der Waals surface area contributed by atoms with E-state index in [0.29, 0.717) is 62.5 Å². The Morgan fingerprint density at radius 2 is 1.74 bits per heavy atom. The summed E-state index contributed by atoms with van der Waals surface area (Å²) in [6.45, 7) is 3.80. The standard InChI is InChI=1S/C21H22N2O4/c1-14-5-7-15(8-6-14)23-18-3-2-4-19(24)16(18)13-17(21(23)26)20(25)22-9-11-27-12-10-22/h5-8,13H,2-4,9-12H2,1H3. The third-order valence-electron chi connectivity index (χ3n) is 5.24. The molecule has 4 rings (SSSR count). The fourth-order valence-electron chi connectivity index (χ4n) is 3.75. The number of hydrogen-bond acceptors (Lipinski definition) is 4. The molecule has 2 aromatic rings. The van der Waals surface area contributed by atoms with Crippen LogP contribution in [0.5, 0.6) is 0 Å². The van der Waals surface area contributed by atoms with Crippen LogP contribution >= 0.6 is 0 Å². The van der Waals surface area contributed by atoms with Gasteiger partial charge in [0.05, 0.1) is 13.2 Å². The largest absolute Gasteiger partial charge is 0.378 e. The van der Waals surface area contributed by atoms with E-state index in [-0.39, 0.29) is 22.8 Å². The fourth-order valence-corrected chi connectivity index (χ4v) is 3.75. The number of ketones is 1. The first-order valence-electron chi connectivity index (χ1n) is 9.32. The van der Waals surface area contributed by atoms with Gasteiger partial charge in [-0.3, -0.25) is 19.0 Å². The lowest BCUT2D eigenvalue weighted by Gasteiger charge is -2.28. The molecule has 0 bridgehead atoms. The number of carbonyl (C=O) groups excluding carboxylic acids is 2. The summed E-state index contributed by atoms with van der Waals surface area (Å²) < 4.78 is 6.85. The molecule has 2 aliphatic rings. The van der Waals surface area contributed by atoms with E-state index in [1.807, 2.05) is 31.2 Å². The SMILES string of the molecule is Cc1ccc(-n2c3c(cc(C(=O)N4CCOCC4)c2=O)C(=O)CCC3)cc1. The van der Waals surface area contributed by atoms with E-state index in [1.54, 1.807) is 9.47 Å². The highest BCUT2D eigenvalue weighted by molar-refractivity contribution is 6.02. The van der Waals surface area contributed by atoms with Crippen molar-refractivity contribution in [3.63, 3.8) is 0 Å². The Morgan fingerprint density at radius 3 is 2.44 bits per heavy atom. The Bertz CT molecular complexity index is 953. The molecule has 0 atom stereocenters. The predicted molar refractivity (Wildman–Crippen MR) is 101 cm³/mol. The van der Waals surface area contributed by atoms with Crippen molar-refractivity contribution >= 4 is 11.7 Å². The Hall–Kier alpha value is -2.73. The lowest BCUT2D eigenvalue weighted by molar-refractivity contribution is 0.0301. The minimum absolute atomic E-state index is 0.00635. The zero-order valence-corrected chi connectivity index (χ0v) is 15.4. The van der Waals surface area contributed by atoms with E-state index < -0.39 is 0 Å². The lowest BCUT2D eigenvalue weighted by Crippen LogP contribution is -2.44. The molecule has 0 saturated carbocycles.